The lowest BCUT2D eigenvalue weighted by atomic mass is 10.2. The van der Waals surface area contributed by atoms with E-state index in [0.29, 0.717) is 23.8 Å². The summed E-state index contributed by atoms with van der Waals surface area (Å²) in [7, 11) is -3.67. The Hall–Kier alpha value is -3.30. The third kappa shape index (κ3) is 5.68. The molecule has 1 heterocycles. The van der Waals surface area contributed by atoms with Gasteiger partial charge in [-0.25, -0.2) is 17.5 Å². The van der Waals surface area contributed by atoms with Crippen molar-refractivity contribution in [2.75, 3.05) is 6.54 Å². The predicted octanol–water partition coefficient (Wildman–Crippen LogP) is 3.63. The number of nitrogens with one attached hydrogen (secondary N) is 2. The molecule has 1 aliphatic rings. The number of sulfonamides is 1. The fraction of sp³-hybridized carbons (Fsp3) is 0.217. The molecule has 9 heteroatoms. The van der Waals surface area contributed by atoms with Gasteiger partial charge < -0.3 is 10.1 Å². The van der Waals surface area contributed by atoms with Gasteiger partial charge in [0.1, 0.15) is 5.75 Å². The van der Waals surface area contributed by atoms with Crippen LogP contribution in [0.5, 0.6) is 11.5 Å². The number of hydrogen-bond donors (Lipinski definition) is 2. The third-order valence-electron chi connectivity index (χ3n) is 4.98. The molecule has 1 aromatic heterocycles. The highest BCUT2D eigenvalue weighted by atomic mass is 32.2. The van der Waals surface area contributed by atoms with Gasteiger partial charge in [-0.15, -0.1) is 0 Å². The van der Waals surface area contributed by atoms with Gasteiger partial charge >= 0.3 is 0 Å². The molecule has 0 spiro atoms. The zero-order chi connectivity index (χ0) is 22.6. The zero-order valence-electron chi connectivity index (χ0n) is 17.1. The highest BCUT2D eigenvalue weighted by Crippen LogP contribution is 2.28. The number of rotatable bonds is 9. The molecule has 0 bridgehead atoms. The number of benzene rings is 2. The molecule has 0 atom stereocenters. The van der Waals surface area contributed by atoms with Gasteiger partial charge in [0, 0.05) is 24.8 Å². The summed E-state index contributed by atoms with van der Waals surface area (Å²) in [5.41, 5.74) is 0.737. The summed E-state index contributed by atoms with van der Waals surface area (Å²) in [6.07, 6.45) is 5.12. The van der Waals surface area contributed by atoms with E-state index in [-0.39, 0.29) is 22.8 Å². The topological polar surface area (TPSA) is 97.4 Å². The summed E-state index contributed by atoms with van der Waals surface area (Å²) in [6.45, 7) is 0.477. The Kier molecular flexibility index (Phi) is 6.48. The molecule has 0 radical (unpaired) electrons. The van der Waals surface area contributed by atoms with Crippen LogP contribution in [0, 0.1) is 11.7 Å². The fourth-order valence-corrected chi connectivity index (χ4v) is 4.15. The second kappa shape index (κ2) is 9.46. The smallest absolute Gasteiger partial charge is 0.251 e. The zero-order valence-corrected chi connectivity index (χ0v) is 17.9. The van der Waals surface area contributed by atoms with E-state index in [1.165, 1.54) is 42.6 Å². The number of pyridine rings is 1. The van der Waals surface area contributed by atoms with E-state index in [0.717, 1.165) is 12.8 Å². The second-order valence-corrected chi connectivity index (χ2v) is 9.33. The number of halogens is 1. The minimum Gasteiger partial charge on any atom is -0.453 e. The van der Waals surface area contributed by atoms with Crippen LogP contribution in [0.25, 0.3) is 0 Å². The summed E-state index contributed by atoms with van der Waals surface area (Å²) in [5.74, 6) is -0.174. The third-order valence-corrected chi connectivity index (χ3v) is 6.40. The Morgan fingerprint density at radius 1 is 1.12 bits per heavy atom. The van der Waals surface area contributed by atoms with E-state index < -0.39 is 21.7 Å². The highest BCUT2D eigenvalue weighted by molar-refractivity contribution is 7.89. The highest BCUT2D eigenvalue weighted by Gasteiger charge is 2.24. The molecule has 3 aromatic rings. The molecule has 1 saturated carbocycles. The van der Waals surface area contributed by atoms with Crippen LogP contribution in [0.2, 0.25) is 0 Å². The Labute approximate surface area is 185 Å². The molecule has 0 aliphatic heterocycles. The summed E-state index contributed by atoms with van der Waals surface area (Å²) >= 11 is 0. The van der Waals surface area contributed by atoms with Crippen molar-refractivity contribution in [3.05, 3.63) is 83.9 Å². The lowest BCUT2D eigenvalue weighted by Gasteiger charge is -2.10. The Balaban J connectivity index is 1.37. The van der Waals surface area contributed by atoms with Gasteiger partial charge in [-0.3, -0.25) is 9.78 Å². The Bertz CT molecular complexity index is 1210. The summed E-state index contributed by atoms with van der Waals surface area (Å²) < 4.78 is 47.2. The van der Waals surface area contributed by atoms with E-state index in [1.807, 2.05) is 0 Å². The van der Waals surface area contributed by atoms with Crippen molar-refractivity contribution in [2.45, 2.75) is 24.3 Å². The molecule has 2 aromatic carbocycles. The van der Waals surface area contributed by atoms with Crippen molar-refractivity contribution < 1.29 is 22.3 Å². The van der Waals surface area contributed by atoms with Crippen LogP contribution in [-0.4, -0.2) is 25.9 Å². The molecule has 4 rings (SSSR count). The first kappa shape index (κ1) is 21.9. The first-order chi connectivity index (χ1) is 15.4. The molecular weight excluding hydrogens is 433 g/mol. The lowest BCUT2D eigenvalue weighted by molar-refractivity contribution is 0.0950. The predicted molar refractivity (Wildman–Crippen MR) is 116 cm³/mol. The van der Waals surface area contributed by atoms with Crippen LogP contribution >= 0.6 is 0 Å². The Morgan fingerprint density at radius 2 is 1.97 bits per heavy atom. The normalized spacial score (nSPS) is 13.5. The number of amides is 1. The monoisotopic (exact) mass is 455 g/mol. The molecule has 166 valence electrons. The average Bonchev–Trinajstić information content (AvgIpc) is 3.63. The van der Waals surface area contributed by atoms with Crippen LogP contribution in [-0.2, 0) is 16.6 Å². The number of ether oxygens (including phenoxy) is 1. The molecule has 0 saturated heterocycles. The van der Waals surface area contributed by atoms with Gasteiger partial charge in [0.05, 0.1) is 11.1 Å². The maximum absolute atomic E-state index is 14.4. The number of aromatic nitrogens is 1. The van der Waals surface area contributed by atoms with Gasteiger partial charge in [-0.1, -0.05) is 12.1 Å². The first-order valence-electron chi connectivity index (χ1n) is 10.1. The largest absolute Gasteiger partial charge is 0.453 e. The molecule has 1 amide bonds. The lowest BCUT2D eigenvalue weighted by Crippen LogP contribution is -2.27. The van der Waals surface area contributed by atoms with E-state index in [4.69, 9.17) is 4.74 Å². The quantitative estimate of drug-likeness (QED) is 0.514. The summed E-state index contributed by atoms with van der Waals surface area (Å²) in [4.78, 5) is 16.5. The van der Waals surface area contributed by atoms with Gasteiger partial charge in [-0.2, -0.15) is 0 Å². The maximum Gasteiger partial charge on any atom is 0.251 e. The van der Waals surface area contributed by atoms with E-state index in [9.17, 15) is 17.6 Å². The molecule has 0 unspecified atom stereocenters. The van der Waals surface area contributed by atoms with Crippen LogP contribution in [0.3, 0.4) is 0 Å². The van der Waals surface area contributed by atoms with E-state index in [1.54, 1.807) is 24.4 Å². The first-order valence-corrected chi connectivity index (χ1v) is 11.6. The van der Waals surface area contributed by atoms with Crippen molar-refractivity contribution in [3.63, 3.8) is 0 Å². The minimum absolute atomic E-state index is 0.0359. The second-order valence-electron chi connectivity index (χ2n) is 7.56. The van der Waals surface area contributed by atoms with Crippen molar-refractivity contribution in [2.24, 2.45) is 5.92 Å². The van der Waals surface area contributed by atoms with E-state index >= 15 is 0 Å². The molecule has 32 heavy (non-hydrogen) atoms. The van der Waals surface area contributed by atoms with Crippen LogP contribution in [0.4, 0.5) is 4.39 Å². The van der Waals surface area contributed by atoms with Crippen molar-refractivity contribution in [3.8, 4) is 11.5 Å². The maximum atomic E-state index is 14.4. The van der Waals surface area contributed by atoms with Gasteiger partial charge in [0.25, 0.3) is 5.91 Å². The van der Waals surface area contributed by atoms with Gasteiger partial charge in [0.15, 0.2) is 11.6 Å². The van der Waals surface area contributed by atoms with Crippen LogP contribution in [0.15, 0.2) is 71.9 Å². The Morgan fingerprint density at radius 3 is 2.69 bits per heavy atom. The van der Waals surface area contributed by atoms with Crippen molar-refractivity contribution in [1.82, 2.24) is 15.0 Å². The van der Waals surface area contributed by atoms with Crippen LogP contribution in [0.1, 0.15) is 28.8 Å². The molecule has 1 fully saturated rings. The number of carbonyl (C=O) groups is 1. The van der Waals surface area contributed by atoms with Crippen molar-refractivity contribution in [1.29, 1.82) is 0 Å². The number of hydrogen-bond acceptors (Lipinski definition) is 5. The number of nitrogens with zero attached hydrogens (tertiary/aromatic N) is 1. The number of carbonyl (C=O) groups excluding carboxylic acids is 1. The molecule has 1 aliphatic carbocycles. The van der Waals surface area contributed by atoms with Gasteiger partial charge in [0.2, 0.25) is 10.0 Å². The molecule has 2 N–H and O–H groups in total. The van der Waals surface area contributed by atoms with Gasteiger partial charge in [-0.05, 0) is 66.8 Å². The van der Waals surface area contributed by atoms with Crippen molar-refractivity contribution >= 4 is 15.9 Å². The summed E-state index contributed by atoms with van der Waals surface area (Å²) in [6, 6.07) is 13.6. The molecule has 7 nitrogen and oxygen atoms in total. The average molecular weight is 456 g/mol. The minimum atomic E-state index is -3.67. The summed E-state index contributed by atoms with van der Waals surface area (Å²) in [5, 5.41) is 2.68. The van der Waals surface area contributed by atoms with E-state index in [2.05, 4.69) is 15.0 Å². The SMILES string of the molecule is O=C(NCc1ccc(Oc2cccnc2)c(F)c1)c1cccc(S(=O)(=O)NCC2CC2)c1. The molecular formula is C23H22FN3O4S. The standard InChI is InChI=1S/C23H22FN3O4S/c24-21-11-17(8-9-22(21)31-19-4-2-10-25-15-19)13-26-23(28)18-3-1-5-20(12-18)32(29,30)27-14-16-6-7-16/h1-5,8-12,15-16,27H,6-7,13-14H2,(H,26,28). The van der Waals surface area contributed by atoms with Crippen LogP contribution < -0.4 is 14.8 Å². The fourth-order valence-electron chi connectivity index (χ4n) is 2.99.